The van der Waals surface area contributed by atoms with Crippen molar-refractivity contribution in [1.82, 2.24) is 10.7 Å². The lowest BCUT2D eigenvalue weighted by Gasteiger charge is -2.23. The number of nitrogens with zero attached hydrogens (tertiary/aromatic N) is 1. The van der Waals surface area contributed by atoms with Crippen molar-refractivity contribution in [2.75, 3.05) is 0 Å². The van der Waals surface area contributed by atoms with Crippen LogP contribution in [0.4, 0.5) is 4.39 Å². The highest BCUT2D eigenvalue weighted by atomic mass is 32.1. The fourth-order valence-electron chi connectivity index (χ4n) is 3.90. The van der Waals surface area contributed by atoms with Crippen LogP contribution in [0, 0.1) is 5.82 Å². The van der Waals surface area contributed by atoms with E-state index in [1.54, 1.807) is 18.3 Å². The van der Waals surface area contributed by atoms with E-state index in [4.69, 9.17) is 17.0 Å². The second kappa shape index (κ2) is 10.4. The summed E-state index contributed by atoms with van der Waals surface area (Å²) >= 11 is 5.41. The van der Waals surface area contributed by atoms with Crippen molar-refractivity contribution in [1.29, 1.82) is 0 Å². The van der Waals surface area contributed by atoms with Crippen molar-refractivity contribution < 1.29 is 9.13 Å². The van der Waals surface area contributed by atoms with E-state index in [0.29, 0.717) is 23.5 Å². The Bertz CT molecular complexity index is 1060. The SMILES string of the molecule is Fc1ccc(COc2ccc3ccccc3c2/C=N\NC(=S)NC2CCCCC2)cc1. The first kappa shape index (κ1) is 21.2. The van der Waals surface area contributed by atoms with Gasteiger partial charge in [0, 0.05) is 11.6 Å². The molecule has 2 N–H and O–H groups in total. The van der Waals surface area contributed by atoms with Crippen LogP contribution in [0.5, 0.6) is 5.75 Å². The Hall–Kier alpha value is -2.99. The van der Waals surface area contributed by atoms with Gasteiger partial charge in [0.05, 0.1) is 6.21 Å². The van der Waals surface area contributed by atoms with Gasteiger partial charge >= 0.3 is 0 Å². The minimum absolute atomic E-state index is 0.258. The molecular weight excluding hydrogens is 409 g/mol. The second-order valence-corrected chi connectivity index (χ2v) is 8.20. The number of hydrogen-bond acceptors (Lipinski definition) is 3. The lowest BCUT2D eigenvalue weighted by atomic mass is 9.96. The minimum Gasteiger partial charge on any atom is -0.488 e. The molecule has 4 rings (SSSR count). The predicted octanol–water partition coefficient (Wildman–Crippen LogP) is 5.69. The van der Waals surface area contributed by atoms with Crippen LogP contribution in [0.2, 0.25) is 0 Å². The number of nitrogens with one attached hydrogen (secondary N) is 2. The van der Waals surface area contributed by atoms with Gasteiger partial charge in [-0.15, -0.1) is 0 Å². The Kier molecular flexibility index (Phi) is 7.10. The number of halogens is 1. The number of hydrazone groups is 1. The Balaban J connectivity index is 1.48. The maximum atomic E-state index is 13.2. The Labute approximate surface area is 187 Å². The maximum absolute atomic E-state index is 13.2. The van der Waals surface area contributed by atoms with Crippen LogP contribution in [-0.2, 0) is 6.61 Å². The summed E-state index contributed by atoms with van der Waals surface area (Å²) in [6.45, 7) is 0.342. The molecule has 1 saturated carbocycles. The van der Waals surface area contributed by atoms with Gasteiger partial charge in [0.15, 0.2) is 5.11 Å². The van der Waals surface area contributed by atoms with Crippen LogP contribution < -0.4 is 15.5 Å². The number of rotatable bonds is 6. The fraction of sp³-hybridized carbons (Fsp3) is 0.280. The number of thiocarbonyl (C=S) groups is 1. The first-order valence-electron chi connectivity index (χ1n) is 10.7. The summed E-state index contributed by atoms with van der Waals surface area (Å²) in [5.74, 6) is 0.450. The van der Waals surface area contributed by atoms with Crippen LogP contribution in [0.25, 0.3) is 10.8 Å². The van der Waals surface area contributed by atoms with Crippen molar-refractivity contribution in [2.24, 2.45) is 5.10 Å². The summed E-state index contributed by atoms with van der Waals surface area (Å²) in [5, 5.41) is 10.4. The third kappa shape index (κ3) is 5.79. The summed E-state index contributed by atoms with van der Waals surface area (Å²) in [5.41, 5.74) is 4.71. The molecule has 0 heterocycles. The molecule has 0 bridgehead atoms. The van der Waals surface area contributed by atoms with Crippen LogP contribution in [0.1, 0.15) is 43.2 Å². The van der Waals surface area contributed by atoms with Crippen molar-refractivity contribution >= 4 is 34.3 Å². The molecule has 3 aromatic carbocycles. The summed E-state index contributed by atoms with van der Waals surface area (Å²) in [6.07, 6.45) is 7.84. The van der Waals surface area contributed by atoms with Gasteiger partial charge in [-0.1, -0.05) is 61.7 Å². The van der Waals surface area contributed by atoms with Gasteiger partial charge in [-0.2, -0.15) is 5.10 Å². The predicted molar refractivity (Wildman–Crippen MR) is 128 cm³/mol. The van der Waals surface area contributed by atoms with E-state index in [-0.39, 0.29) is 5.82 Å². The average Bonchev–Trinajstić information content (AvgIpc) is 2.80. The number of ether oxygens (including phenoxy) is 1. The van der Waals surface area contributed by atoms with Crippen LogP contribution in [-0.4, -0.2) is 17.4 Å². The third-order valence-corrected chi connectivity index (χ3v) is 5.75. The van der Waals surface area contributed by atoms with Gasteiger partial charge in [-0.05, 0) is 59.6 Å². The maximum Gasteiger partial charge on any atom is 0.187 e. The molecule has 0 amide bonds. The lowest BCUT2D eigenvalue weighted by Crippen LogP contribution is -2.40. The van der Waals surface area contributed by atoms with E-state index in [1.165, 1.54) is 31.4 Å². The zero-order chi connectivity index (χ0) is 21.5. The molecule has 0 aromatic heterocycles. The first-order valence-corrected chi connectivity index (χ1v) is 11.1. The molecule has 1 fully saturated rings. The van der Waals surface area contributed by atoms with Crippen LogP contribution in [0.3, 0.4) is 0 Å². The first-order chi connectivity index (χ1) is 15.2. The zero-order valence-electron chi connectivity index (χ0n) is 17.3. The fourth-order valence-corrected chi connectivity index (χ4v) is 4.12. The smallest absolute Gasteiger partial charge is 0.187 e. The van der Waals surface area contributed by atoms with Gasteiger partial charge < -0.3 is 10.1 Å². The number of fused-ring (bicyclic) bond motifs is 1. The highest BCUT2D eigenvalue weighted by Crippen LogP contribution is 2.27. The Morgan fingerprint density at radius 2 is 1.81 bits per heavy atom. The van der Waals surface area contributed by atoms with E-state index in [9.17, 15) is 4.39 Å². The molecular formula is C25H26FN3OS. The van der Waals surface area contributed by atoms with Crippen molar-refractivity contribution in [3.8, 4) is 5.75 Å². The van der Waals surface area contributed by atoms with Crippen molar-refractivity contribution in [3.63, 3.8) is 0 Å². The third-order valence-electron chi connectivity index (χ3n) is 5.54. The highest BCUT2D eigenvalue weighted by Gasteiger charge is 2.13. The molecule has 160 valence electrons. The molecule has 0 unspecified atom stereocenters. The number of benzene rings is 3. The van der Waals surface area contributed by atoms with Gasteiger partial charge in [-0.25, -0.2) is 4.39 Å². The quantitative estimate of drug-likeness (QED) is 0.297. The molecule has 0 radical (unpaired) electrons. The molecule has 31 heavy (non-hydrogen) atoms. The standard InChI is InChI=1S/C25H26FN3OS/c26-20-13-10-18(11-14-20)17-30-24-15-12-19-6-4-5-9-22(19)23(24)16-27-29-25(31)28-21-7-2-1-3-8-21/h4-6,9-16,21H,1-3,7-8,17H2,(H2,28,29,31)/b27-16-. The van der Waals surface area contributed by atoms with Crippen LogP contribution >= 0.6 is 12.2 Å². The molecule has 0 spiro atoms. The van der Waals surface area contributed by atoms with E-state index >= 15 is 0 Å². The highest BCUT2D eigenvalue weighted by molar-refractivity contribution is 7.80. The molecule has 6 heteroatoms. The number of hydrogen-bond donors (Lipinski definition) is 2. The summed E-state index contributed by atoms with van der Waals surface area (Å²) < 4.78 is 19.2. The van der Waals surface area contributed by atoms with E-state index in [0.717, 1.165) is 34.7 Å². The monoisotopic (exact) mass is 435 g/mol. The molecule has 0 saturated heterocycles. The van der Waals surface area contributed by atoms with E-state index in [1.807, 2.05) is 30.3 Å². The zero-order valence-corrected chi connectivity index (χ0v) is 18.1. The molecule has 0 atom stereocenters. The summed E-state index contributed by atoms with van der Waals surface area (Å²) in [6, 6.07) is 18.8. The molecule has 1 aliphatic rings. The Morgan fingerprint density at radius 3 is 2.61 bits per heavy atom. The normalized spacial score (nSPS) is 14.6. The minimum atomic E-state index is -0.258. The largest absolute Gasteiger partial charge is 0.488 e. The van der Waals surface area contributed by atoms with E-state index < -0.39 is 0 Å². The average molecular weight is 436 g/mol. The van der Waals surface area contributed by atoms with Gasteiger partial charge in [0.1, 0.15) is 18.2 Å². The summed E-state index contributed by atoms with van der Waals surface area (Å²) in [4.78, 5) is 0. The van der Waals surface area contributed by atoms with Crippen molar-refractivity contribution in [2.45, 2.75) is 44.8 Å². The second-order valence-electron chi connectivity index (χ2n) is 7.79. The van der Waals surface area contributed by atoms with Gasteiger partial charge in [0.2, 0.25) is 0 Å². The molecule has 4 nitrogen and oxygen atoms in total. The molecule has 0 aliphatic heterocycles. The molecule has 3 aromatic rings. The summed E-state index contributed by atoms with van der Waals surface area (Å²) in [7, 11) is 0. The molecule has 1 aliphatic carbocycles. The lowest BCUT2D eigenvalue weighted by molar-refractivity contribution is 0.306. The van der Waals surface area contributed by atoms with E-state index in [2.05, 4.69) is 21.9 Å². The Morgan fingerprint density at radius 1 is 1.03 bits per heavy atom. The van der Waals surface area contributed by atoms with Gasteiger partial charge in [-0.3, -0.25) is 5.43 Å². The topological polar surface area (TPSA) is 45.6 Å². The van der Waals surface area contributed by atoms with Gasteiger partial charge in [0.25, 0.3) is 0 Å². The van der Waals surface area contributed by atoms with Crippen LogP contribution in [0.15, 0.2) is 65.8 Å². The van der Waals surface area contributed by atoms with Crippen molar-refractivity contribution in [3.05, 3.63) is 77.6 Å².